The molecule has 2 aromatic carbocycles. The van der Waals surface area contributed by atoms with Gasteiger partial charge in [-0.15, -0.1) is 0 Å². The molecule has 0 atom stereocenters. The number of amides is 1. The van der Waals surface area contributed by atoms with Crippen molar-refractivity contribution in [1.29, 1.82) is 0 Å². The van der Waals surface area contributed by atoms with Crippen LogP contribution in [0.4, 0.5) is 5.69 Å². The minimum atomic E-state index is -0.297. The van der Waals surface area contributed by atoms with Crippen LogP contribution in [0.25, 0.3) is 6.08 Å². The number of aromatic hydroxyl groups is 1. The second-order valence-electron chi connectivity index (χ2n) is 5.18. The Labute approximate surface area is 151 Å². The molecule has 138 valence electrons. The number of hydrogen-bond acceptors (Lipinski definition) is 6. The van der Waals surface area contributed by atoms with Gasteiger partial charge in [0.15, 0.2) is 25.1 Å². The number of methoxy groups -OCH3 is 2. The molecule has 0 spiro atoms. The summed E-state index contributed by atoms with van der Waals surface area (Å²) in [5.41, 5.74) is 1.34. The average Bonchev–Trinajstić information content (AvgIpc) is 2.65. The maximum atomic E-state index is 12.0. The molecule has 0 aliphatic rings. The second kappa shape index (κ2) is 10.1. The molecule has 2 N–H and O–H groups in total. The van der Waals surface area contributed by atoms with Gasteiger partial charge in [-0.25, -0.2) is 0 Å². The molecule has 2 aromatic rings. The normalized spacial score (nSPS) is 10.7. The van der Waals surface area contributed by atoms with Crippen LogP contribution in [0.5, 0.6) is 17.2 Å². The van der Waals surface area contributed by atoms with Crippen LogP contribution in [0.2, 0.25) is 0 Å². The van der Waals surface area contributed by atoms with Crippen molar-refractivity contribution in [3.63, 3.8) is 0 Å². The third kappa shape index (κ3) is 6.12. The van der Waals surface area contributed by atoms with Gasteiger partial charge in [0.25, 0.3) is 0 Å². The second-order valence-corrected chi connectivity index (χ2v) is 5.18. The van der Waals surface area contributed by atoms with E-state index in [1.54, 1.807) is 36.4 Å². The first-order valence-electron chi connectivity index (χ1n) is 7.78. The van der Waals surface area contributed by atoms with Gasteiger partial charge in [0.05, 0.1) is 0 Å². The van der Waals surface area contributed by atoms with Crippen LogP contribution < -0.4 is 14.8 Å². The van der Waals surface area contributed by atoms with Crippen LogP contribution in [0.3, 0.4) is 0 Å². The molecule has 1 amide bonds. The summed E-state index contributed by atoms with van der Waals surface area (Å²) in [6, 6.07) is 11.5. The highest BCUT2D eigenvalue weighted by molar-refractivity contribution is 6.01. The van der Waals surface area contributed by atoms with Crippen molar-refractivity contribution >= 4 is 17.7 Å². The Morgan fingerprint density at radius 2 is 1.65 bits per heavy atom. The molecule has 0 heterocycles. The zero-order valence-electron chi connectivity index (χ0n) is 14.6. The fourth-order valence-electron chi connectivity index (χ4n) is 2.01. The quantitative estimate of drug-likeness (QED) is 0.407. The standard InChI is InChI=1S/C19H21NO6/c1-23-12-25-17-9-3-14(11-18(17)26-13-24-2)4-10-19(22)20-15-5-7-16(21)8-6-15/h3-11,21H,12-13H2,1-2H3,(H,20,22)/b10-4+. The van der Waals surface area contributed by atoms with Crippen molar-refractivity contribution in [2.75, 3.05) is 33.1 Å². The Morgan fingerprint density at radius 3 is 2.31 bits per heavy atom. The van der Waals surface area contributed by atoms with Crippen LogP contribution in [-0.2, 0) is 14.3 Å². The summed E-state index contributed by atoms with van der Waals surface area (Å²) in [5.74, 6) is 0.826. The number of benzene rings is 2. The molecule has 7 heteroatoms. The lowest BCUT2D eigenvalue weighted by atomic mass is 10.2. The summed E-state index contributed by atoms with van der Waals surface area (Å²) >= 11 is 0. The average molecular weight is 359 g/mol. The summed E-state index contributed by atoms with van der Waals surface area (Å²) in [4.78, 5) is 12.0. The van der Waals surface area contributed by atoms with Crippen LogP contribution in [-0.4, -0.2) is 38.8 Å². The number of rotatable bonds is 9. The number of hydrogen-bond donors (Lipinski definition) is 2. The number of carbonyl (C=O) groups is 1. The van der Waals surface area contributed by atoms with E-state index >= 15 is 0 Å². The Balaban J connectivity index is 2.05. The Kier molecular flexibility index (Phi) is 7.48. The van der Waals surface area contributed by atoms with Crippen LogP contribution in [0, 0.1) is 0 Å². The molecule has 0 saturated carbocycles. The van der Waals surface area contributed by atoms with Gasteiger partial charge in [-0.2, -0.15) is 0 Å². The van der Waals surface area contributed by atoms with Crippen molar-refractivity contribution < 1.29 is 28.8 Å². The minimum absolute atomic E-state index is 0.0673. The SMILES string of the molecule is COCOc1ccc(/C=C/C(=O)Nc2ccc(O)cc2)cc1OCOC. The molecule has 7 nitrogen and oxygen atoms in total. The molecular weight excluding hydrogens is 338 g/mol. The van der Waals surface area contributed by atoms with Gasteiger partial charge in [0, 0.05) is 26.0 Å². The van der Waals surface area contributed by atoms with Gasteiger partial charge < -0.3 is 29.4 Å². The van der Waals surface area contributed by atoms with E-state index in [-0.39, 0.29) is 25.2 Å². The number of carbonyl (C=O) groups excluding carboxylic acids is 1. The lowest BCUT2D eigenvalue weighted by Crippen LogP contribution is -2.07. The van der Waals surface area contributed by atoms with Crippen molar-refractivity contribution in [1.82, 2.24) is 0 Å². The number of nitrogens with one attached hydrogen (secondary N) is 1. The van der Waals surface area contributed by atoms with Crippen molar-refractivity contribution in [2.45, 2.75) is 0 Å². The molecule has 0 radical (unpaired) electrons. The highest BCUT2D eigenvalue weighted by Crippen LogP contribution is 2.29. The highest BCUT2D eigenvalue weighted by atomic mass is 16.7. The number of ether oxygens (including phenoxy) is 4. The molecule has 0 fully saturated rings. The molecule has 0 bridgehead atoms. The van der Waals surface area contributed by atoms with E-state index in [9.17, 15) is 9.90 Å². The van der Waals surface area contributed by atoms with Gasteiger partial charge >= 0.3 is 0 Å². The summed E-state index contributed by atoms with van der Waals surface area (Å²) in [5, 5.41) is 11.9. The zero-order valence-corrected chi connectivity index (χ0v) is 14.6. The summed E-state index contributed by atoms with van der Waals surface area (Å²) in [6.07, 6.45) is 3.05. The first-order chi connectivity index (χ1) is 12.6. The fraction of sp³-hybridized carbons (Fsp3) is 0.211. The molecular formula is C19H21NO6. The monoisotopic (exact) mass is 359 g/mol. The molecule has 26 heavy (non-hydrogen) atoms. The highest BCUT2D eigenvalue weighted by Gasteiger charge is 2.06. The maximum absolute atomic E-state index is 12.0. The predicted molar refractivity (Wildman–Crippen MR) is 97.2 cm³/mol. The topological polar surface area (TPSA) is 86.3 Å². The van der Waals surface area contributed by atoms with Gasteiger partial charge in [0.2, 0.25) is 5.91 Å². The van der Waals surface area contributed by atoms with Gasteiger partial charge in [-0.05, 0) is 48.0 Å². The number of anilines is 1. The van der Waals surface area contributed by atoms with Gasteiger partial charge in [-0.1, -0.05) is 6.07 Å². The summed E-state index contributed by atoms with van der Waals surface area (Å²) in [6.45, 7) is 0.158. The summed E-state index contributed by atoms with van der Waals surface area (Å²) in [7, 11) is 3.05. The summed E-state index contributed by atoms with van der Waals surface area (Å²) < 4.78 is 20.7. The van der Waals surface area contributed by atoms with Crippen molar-refractivity contribution in [3.05, 3.63) is 54.1 Å². The Hall–Kier alpha value is -3.03. The van der Waals surface area contributed by atoms with Crippen LogP contribution in [0.15, 0.2) is 48.5 Å². The Morgan fingerprint density at radius 1 is 1.00 bits per heavy atom. The van der Waals surface area contributed by atoms with Gasteiger partial charge in [0.1, 0.15) is 5.75 Å². The fourth-order valence-corrected chi connectivity index (χ4v) is 2.01. The van der Waals surface area contributed by atoms with Crippen LogP contribution in [0.1, 0.15) is 5.56 Å². The molecule has 0 aliphatic heterocycles. The Bertz CT molecular complexity index is 742. The maximum Gasteiger partial charge on any atom is 0.248 e. The number of phenolic OH excluding ortho intramolecular Hbond substituents is 1. The third-order valence-electron chi connectivity index (χ3n) is 3.19. The lowest BCUT2D eigenvalue weighted by Gasteiger charge is -2.12. The predicted octanol–water partition coefficient (Wildman–Crippen LogP) is 3.01. The number of phenols is 1. The first kappa shape index (κ1) is 19.3. The molecule has 0 aliphatic carbocycles. The van der Waals surface area contributed by atoms with Crippen LogP contribution >= 0.6 is 0 Å². The zero-order chi connectivity index (χ0) is 18.8. The van der Waals surface area contributed by atoms with E-state index in [1.807, 2.05) is 0 Å². The minimum Gasteiger partial charge on any atom is -0.508 e. The lowest BCUT2D eigenvalue weighted by molar-refractivity contribution is -0.111. The van der Waals surface area contributed by atoms with E-state index in [4.69, 9.17) is 18.9 Å². The van der Waals surface area contributed by atoms with Gasteiger partial charge in [-0.3, -0.25) is 4.79 Å². The van der Waals surface area contributed by atoms with Crippen molar-refractivity contribution in [3.8, 4) is 17.2 Å². The third-order valence-corrected chi connectivity index (χ3v) is 3.19. The van der Waals surface area contributed by atoms with E-state index in [0.29, 0.717) is 17.2 Å². The van der Waals surface area contributed by atoms with E-state index in [1.165, 1.54) is 32.4 Å². The molecule has 0 saturated heterocycles. The van der Waals surface area contributed by atoms with E-state index < -0.39 is 0 Å². The smallest absolute Gasteiger partial charge is 0.248 e. The molecule has 0 aromatic heterocycles. The van der Waals surface area contributed by atoms with E-state index in [0.717, 1.165) is 5.56 Å². The van der Waals surface area contributed by atoms with Crippen molar-refractivity contribution in [2.24, 2.45) is 0 Å². The first-order valence-corrected chi connectivity index (χ1v) is 7.78. The molecule has 2 rings (SSSR count). The molecule has 0 unspecified atom stereocenters. The van der Waals surface area contributed by atoms with E-state index in [2.05, 4.69) is 5.32 Å². The largest absolute Gasteiger partial charge is 0.508 e.